The summed E-state index contributed by atoms with van der Waals surface area (Å²) in [4.78, 5) is 2.13. The Morgan fingerprint density at radius 2 is 2.00 bits per heavy atom. The maximum Gasteiger partial charge on any atom is 0.127 e. The quantitative estimate of drug-likeness (QED) is 0.693. The van der Waals surface area contributed by atoms with Gasteiger partial charge in [-0.15, -0.1) is 0 Å². The van der Waals surface area contributed by atoms with Gasteiger partial charge in [0, 0.05) is 18.8 Å². The van der Waals surface area contributed by atoms with Gasteiger partial charge >= 0.3 is 0 Å². The van der Waals surface area contributed by atoms with Crippen LogP contribution < -0.4 is 0 Å². The predicted molar refractivity (Wildman–Crippen MR) is 69.3 cm³/mol. The molecule has 0 saturated heterocycles. The van der Waals surface area contributed by atoms with E-state index in [9.17, 15) is 0 Å². The maximum atomic E-state index is 6.17. The number of hydrogen-bond acceptors (Lipinski definition) is 2. The molecule has 2 saturated carbocycles. The number of ether oxygens (including phenoxy) is 1. The summed E-state index contributed by atoms with van der Waals surface area (Å²) in [5.74, 6) is 1.04. The van der Waals surface area contributed by atoms with E-state index in [2.05, 4.69) is 11.9 Å². The molecule has 17 heavy (non-hydrogen) atoms. The minimum atomic E-state index is 0.767. The Bertz CT molecular complexity index is 484. The SMILES string of the molecule is COC(C1=CC(Cl)=CN(C)C1=C1CC1)=C1CC1. The highest BCUT2D eigenvalue weighted by atomic mass is 35.5. The molecule has 0 spiro atoms. The van der Waals surface area contributed by atoms with Crippen LogP contribution in [0.4, 0.5) is 0 Å². The first-order chi connectivity index (χ1) is 8.20. The number of likely N-dealkylation sites (N-methyl/N-ethyl adjacent to an activating group) is 1. The summed E-state index contributed by atoms with van der Waals surface area (Å²) in [6, 6.07) is 0. The van der Waals surface area contributed by atoms with Crippen molar-refractivity contribution < 1.29 is 4.74 Å². The standard InChI is InChI=1S/C14H16ClNO/c1-16-8-11(15)7-12(13(16)9-3-4-9)14(17-2)10-5-6-10/h7-8H,3-6H2,1-2H3. The number of methoxy groups -OCH3 is 1. The molecule has 0 N–H and O–H groups in total. The minimum absolute atomic E-state index is 0.767. The van der Waals surface area contributed by atoms with Crippen LogP contribution in [-0.4, -0.2) is 19.1 Å². The molecule has 1 aliphatic heterocycles. The summed E-state index contributed by atoms with van der Waals surface area (Å²) in [6.45, 7) is 0. The van der Waals surface area contributed by atoms with Crippen LogP contribution in [0.1, 0.15) is 25.7 Å². The van der Waals surface area contributed by atoms with Gasteiger partial charge in [0.05, 0.1) is 17.8 Å². The van der Waals surface area contributed by atoms with Crippen molar-refractivity contribution in [2.45, 2.75) is 25.7 Å². The highest BCUT2D eigenvalue weighted by Crippen LogP contribution is 2.44. The fourth-order valence-electron chi connectivity index (χ4n) is 2.33. The van der Waals surface area contributed by atoms with E-state index in [0.29, 0.717) is 0 Å². The number of halogens is 1. The van der Waals surface area contributed by atoms with Crippen molar-refractivity contribution in [2.24, 2.45) is 0 Å². The highest BCUT2D eigenvalue weighted by Gasteiger charge is 2.30. The first-order valence-corrected chi connectivity index (χ1v) is 6.39. The average Bonchev–Trinajstić information content (AvgIpc) is 3.12. The van der Waals surface area contributed by atoms with Crippen LogP contribution in [0.15, 0.2) is 45.5 Å². The third-order valence-electron chi connectivity index (χ3n) is 3.31. The van der Waals surface area contributed by atoms with E-state index in [1.165, 1.54) is 35.3 Å². The summed E-state index contributed by atoms with van der Waals surface area (Å²) in [5.41, 5.74) is 5.39. The van der Waals surface area contributed by atoms with Crippen molar-refractivity contribution in [3.05, 3.63) is 45.5 Å². The molecule has 90 valence electrons. The van der Waals surface area contributed by atoms with Crippen LogP contribution in [-0.2, 0) is 4.74 Å². The Morgan fingerprint density at radius 1 is 1.29 bits per heavy atom. The molecule has 0 unspecified atom stereocenters. The highest BCUT2D eigenvalue weighted by molar-refractivity contribution is 6.31. The number of nitrogens with zero attached hydrogens (tertiary/aromatic N) is 1. The summed E-state index contributed by atoms with van der Waals surface area (Å²) in [5, 5.41) is 0.767. The first-order valence-electron chi connectivity index (χ1n) is 6.01. The molecule has 2 aliphatic carbocycles. The van der Waals surface area contributed by atoms with Gasteiger partial charge in [-0.2, -0.15) is 0 Å². The second-order valence-electron chi connectivity index (χ2n) is 4.77. The van der Waals surface area contributed by atoms with Gasteiger partial charge in [-0.05, 0) is 42.9 Å². The normalized spacial score (nSPS) is 22.3. The van der Waals surface area contributed by atoms with E-state index in [0.717, 1.165) is 23.6 Å². The van der Waals surface area contributed by atoms with Crippen LogP contribution in [0.25, 0.3) is 0 Å². The van der Waals surface area contributed by atoms with Crippen LogP contribution in [0.3, 0.4) is 0 Å². The van der Waals surface area contributed by atoms with E-state index in [1.807, 2.05) is 12.3 Å². The Kier molecular flexibility index (Phi) is 2.55. The number of rotatable bonds is 2. The summed E-state index contributed by atoms with van der Waals surface area (Å²) in [7, 11) is 3.81. The second kappa shape index (κ2) is 3.95. The lowest BCUT2D eigenvalue weighted by atomic mass is 10.0. The topological polar surface area (TPSA) is 12.5 Å². The lowest BCUT2D eigenvalue weighted by Gasteiger charge is -2.26. The molecule has 0 atom stereocenters. The monoisotopic (exact) mass is 249 g/mol. The van der Waals surface area contributed by atoms with Gasteiger partial charge in [-0.25, -0.2) is 0 Å². The van der Waals surface area contributed by atoms with E-state index < -0.39 is 0 Å². The average molecular weight is 250 g/mol. The van der Waals surface area contributed by atoms with Gasteiger partial charge in [0.2, 0.25) is 0 Å². The molecule has 3 rings (SSSR count). The fourth-order valence-corrected chi connectivity index (χ4v) is 2.59. The Hall–Kier alpha value is -1.15. The third-order valence-corrected chi connectivity index (χ3v) is 3.52. The summed E-state index contributed by atoms with van der Waals surface area (Å²) < 4.78 is 5.58. The van der Waals surface area contributed by atoms with Gasteiger partial charge in [0.25, 0.3) is 0 Å². The van der Waals surface area contributed by atoms with E-state index in [4.69, 9.17) is 16.3 Å². The van der Waals surface area contributed by atoms with Gasteiger partial charge < -0.3 is 9.64 Å². The van der Waals surface area contributed by atoms with Gasteiger partial charge in [0.15, 0.2) is 0 Å². The van der Waals surface area contributed by atoms with Crippen LogP contribution in [0.2, 0.25) is 0 Å². The molecule has 3 aliphatic rings. The Labute approximate surface area is 107 Å². The fraction of sp³-hybridized carbons (Fsp3) is 0.429. The smallest absolute Gasteiger partial charge is 0.127 e. The molecule has 0 aromatic heterocycles. The van der Waals surface area contributed by atoms with Crippen molar-refractivity contribution >= 4 is 11.6 Å². The lowest BCUT2D eigenvalue weighted by Crippen LogP contribution is -2.18. The summed E-state index contributed by atoms with van der Waals surface area (Å²) in [6.07, 6.45) is 8.73. The Balaban J connectivity index is 2.08. The largest absolute Gasteiger partial charge is 0.496 e. The minimum Gasteiger partial charge on any atom is -0.496 e. The van der Waals surface area contributed by atoms with Crippen LogP contribution >= 0.6 is 11.6 Å². The second-order valence-corrected chi connectivity index (χ2v) is 5.21. The maximum absolute atomic E-state index is 6.17. The van der Waals surface area contributed by atoms with Gasteiger partial charge in [0.1, 0.15) is 5.76 Å². The zero-order valence-corrected chi connectivity index (χ0v) is 11.0. The molecule has 0 aromatic carbocycles. The molecule has 0 bridgehead atoms. The summed E-state index contributed by atoms with van der Waals surface area (Å²) >= 11 is 6.17. The van der Waals surface area contributed by atoms with Gasteiger partial charge in [-0.3, -0.25) is 0 Å². The van der Waals surface area contributed by atoms with E-state index in [-0.39, 0.29) is 0 Å². The van der Waals surface area contributed by atoms with Crippen molar-refractivity contribution in [2.75, 3.05) is 14.2 Å². The molecule has 0 radical (unpaired) electrons. The van der Waals surface area contributed by atoms with E-state index in [1.54, 1.807) is 7.11 Å². The molecule has 2 nitrogen and oxygen atoms in total. The molecule has 0 aromatic rings. The zero-order valence-electron chi connectivity index (χ0n) is 10.2. The van der Waals surface area contributed by atoms with Crippen molar-refractivity contribution in [3.63, 3.8) is 0 Å². The first kappa shape index (κ1) is 11.0. The van der Waals surface area contributed by atoms with Gasteiger partial charge in [-0.1, -0.05) is 11.6 Å². The lowest BCUT2D eigenvalue weighted by molar-refractivity contribution is 0.296. The predicted octanol–water partition coefficient (Wildman–Crippen LogP) is 3.68. The molecule has 3 heteroatoms. The molecule has 2 fully saturated rings. The molecule has 0 amide bonds. The molecule has 1 heterocycles. The van der Waals surface area contributed by atoms with Crippen molar-refractivity contribution in [1.29, 1.82) is 0 Å². The van der Waals surface area contributed by atoms with Crippen LogP contribution in [0.5, 0.6) is 0 Å². The van der Waals surface area contributed by atoms with Crippen molar-refractivity contribution in [1.82, 2.24) is 4.90 Å². The zero-order chi connectivity index (χ0) is 12.0. The van der Waals surface area contributed by atoms with E-state index >= 15 is 0 Å². The Morgan fingerprint density at radius 3 is 2.53 bits per heavy atom. The third kappa shape index (κ3) is 2.02. The van der Waals surface area contributed by atoms with Crippen molar-refractivity contribution in [3.8, 4) is 0 Å². The van der Waals surface area contributed by atoms with Crippen LogP contribution in [0, 0.1) is 0 Å². The molecular formula is C14H16ClNO. The number of allylic oxidation sites excluding steroid dienone is 4. The molecular weight excluding hydrogens is 234 g/mol. The number of hydrogen-bond donors (Lipinski definition) is 0.